The Morgan fingerprint density at radius 3 is 2.46 bits per heavy atom. The second-order valence-corrected chi connectivity index (χ2v) is 5.78. The van der Waals surface area contributed by atoms with E-state index in [4.69, 9.17) is 9.47 Å². The Kier molecular flexibility index (Phi) is 6.14. The Morgan fingerprint density at radius 2 is 1.92 bits per heavy atom. The lowest BCUT2D eigenvalue weighted by atomic mass is 10.1. The average Bonchev–Trinajstić information content (AvgIpc) is 2.52. The number of amides is 1. The molecule has 0 aromatic heterocycles. The van der Waals surface area contributed by atoms with Crippen molar-refractivity contribution in [3.63, 3.8) is 0 Å². The van der Waals surface area contributed by atoms with Crippen molar-refractivity contribution in [2.24, 2.45) is 0 Å². The van der Waals surface area contributed by atoms with E-state index in [0.29, 0.717) is 13.1 Å². The van der Waals surface area contributed by atoms with Gasteiger partial charge in [-0.25, -0.2) is 13.6 Å². The molecule has 1 aromatic carbocycles. The molecular weight excluding hydrogens is 318 g/mol. The van der Waals surface area contributed by atoms with Crippen LogP contribution in [0.3, 0.4) is 0 Å². The summed E-state index contributed by atoms with van der Waals surface area (Å²) < 4.78 is 38.3. The minimum Gasteiger partial charge on any atom is -0.489 e. The van der Waals surface area contributed by atoms with Crippen molar-refractivity contribution in [3.05, 3.63) is 42.0 Å². The topological polar surface area (TPSA) is 50.8 Å². The third kappa shape index (κ3) is 4.23. The van der Waals surface area contributed by atoms with Gasteiger partial charge < -0.3 is 19.7 Å². The maximum Gasteiger partial charge on any atom is 0.410 e. The first-order valence-electron chi connectivity index (χ1n) is 7.81. The van der Waals surface area contributed by atoms with Crippen molar-refractivity contribution in [3.8, 4) is 5.75 Å². The number of hydrogen-bond acceptors (Lipinski definition) is 4. The first-order chi connectivity index (χ1) is 11.4. The number of hydrogen-bond donors (Lipinski definition) is 1. The molecule has 1 aromatic rings. The van der Waals surface area contributed by atoms with Crippen LogP contribution in [0.5, 0.6) is 5.75 Å². The Labute approximate surface area is 140 Å². The number of piperazine rings is 1. The molecule has 0 spiro atoms. The average molecular weight is 340 g/mol. The molecule has 1 fully saturated rings. The third-order valence-electron chi connectivity index (χ3n) is 3.86. The summed E-state index contributed by atoms with van der Waals surface area (Å²) in [5, 5.41) is 3.19. The minimum atomic E-state index is -0.816. The summed E-state index contributed by atoms with van der Waals surface area (Å²) in [5.74, 6) is -1.57. The van der Waals surface area contributed by atoms with Gasteiger partial charge in [0.15, 0.2) is 0 Å². The van der Waals surface area contributed by atoms with E-state index < -0.39 is 24.3 Å². The van der Waals surface area contributed by atoms with E-state index in [9.17, 15) is 13.6 Å². The standard InChI is InChI=1S/C17H22F2N2O3/c1-4-5-23-13-6-15(18)14(16(19)7-13)10-24-17(22)21-11(2)8-20-9-12(21)3/h4,6-7,11-12,20H,1,5,8-10H2,2-3H3. The van der Waals surface area contributed by atoms with Gasteiger partial charge in [0, 0.05) is 37.3 Å². The molecule has 0 bridgehead atoms. The van der Waals surface area contributed by atoms with Crippen molar-refractivity contribution in [1.82, 2.24) is 10.2 Å². The lowest BCUT2D eigenvalue weighted by Gasteiger charge is -2.38. The molecule has 0 radical (unpaired) electrons. The fourth-order valence-corrected chi connectivity index (χ4v) is 2.66. The zero-order valence-electron chi connectivity index (χ0n) is 13.9. The van der Waals surface area contributed by atoms with Crippen LogP contribution in [-0.4, -0.2) is 42.8 Å². The summed E-state index contributed by atoms with van der Waals surface area (Å²) in [4.78, 5) is 13.8. The van der Waals surface area contributed by atoms with Gasteiger partial charge in [-0.3, -0.25) is 0 Å². The van der Waals surface area contributed by atoms with Gasteiger partial charge in [0.1, 0.15) is 30.6 Å². The highest BCUT2D eigenvalue weighted by Gasteiger charge is 2.30. The van der Waals surface area contributed by atoms with Gasteiger partial charge in [-0.05, 0) is 13.8 Å². The van der Waals surface area contributed by atoms with Crippen LogP contribution in [0, 0.1) is 11.6 Å². The van der Waals surface area contributed by atoms with E-state index in [1.165, 1.54) is 6.08 Å². The molecule has 1 amide bonds. The second-order valence-electron chi connectivity index (χ2n) is 5.78. The lowest BCUT2D eigenvalue weighted by molar-refractivity contribution is 0.0551. The summed E-state index contributed by atoms with van der Waals surface area (Å²) >= 11 is 0. The maximum absolute atomic E-state index is 14.0. The van der Waals surface area contributed by atoms with Crippen LogP contribution in [0.1, 0.15) is 19.4 Å². The lowest BCUT2D eigenvalue weighted by Crippen LogP contribution is -2.57. The van der Waals surface area contributed by atoms with Crippen molar-refractivity contribution >= 4 is 6.09 Å². The second kappa shape index (κ2) is 8.10. The smallest absolute Gasteiger partial charge is 0.410 e. The zero-order valence-corrected chi connectivity index (χ0v) is 13.9. The normalized spacial score (nSPS) is 20.6. The predicted molar refractivity (Wildman–Crippen MR) is 85.9 cm³/mol. The molecule has 5 nitrogen and oxygen atoms in total. The number of carbonyl (C=O) groups excluding carboxylic acids is 1. The van der Waals surface area contributed by atoms with Crippen molar-refractivity contribution in [2.45, 2.75) is 32.5 Å². The van der Waals surface area contributed by atoms with Crippen LogP contribution in [0.15, 0.2) is 24.8 Å². The highest BCUT2D eigenvalue weighted by Crippen LogP contribution is 2.22. The fraction of sp³-hybridized carbons (Fsp3) is 0.471. The molecule has 1 aliphatic rings. The van der Waals surface area contributed by atoms with E-state index in [2.05, 4.69) is 11.9 Å². The van der Waals surface area contributed by atoms with Gasteiger partial charge >= 0.3 is 6.09 Å². The monoisotopic (exact) mass is 340 g/mol. The van der Waals surface area contributed by atoms with E-state index in [-0.39, 0.29) is 30.0 Å². The Bertz CT molecular complexity index is 576. The number of rotatable bonds is 5. The maximum atomic E-state index is 14.0. The first kappa shape index (κ1) is 18.2. The summed E-state index contributed by atoms with van der Waals surface area (Å²) in [5.41, 5.74) is -0.301. The predicted octanol–water partition coefficient (Wildman–Crippen LogP) is 2.85. The van der Waals surface area contributed by atoms with Crippen LogP contribution in [0.4, 0.5) is 13.6 Å². The molecular formula is C17H22F2N2O3. The molecule has 1 aliphatic heterocycles. The molecule has 0 saturated carbocycles. The van der Waals surface area contributed by atoms with Crippen LogP contribution in [0.25, 0.3) is 0 Å². The van der Waals surface area contributed by atoms with Gasteiger partial charge in [-0.15, -0.1) is 0 Å². The molecule has 2 atom stereocenters. The van der Waals surface area contributed by atoms with Crippen molar-refractivity contribution in [1.29, 1.82) is 0 Å². The molecule has 2 rings (SSSR count). The summed E-state index contributed by atoms with van der Waals surface area (Å²) in [6.07, 6.45) is 0.892. The molecule has 7 heteroatoms. The molecule has 1 saturated heterocycles. The number of carbonyl (C=O) groups is 1. The number of halogens is 2. The van der Waals surface area contributed by atoms with Crippen LogP contribution in [-0.2, 0) is 11.3 Å². The number of ether oxygens (including phenoxy) is 2. The van der Waals surface area contributed by atoms with Gasteiger partial charge in [-0.1, -0.05) is 12.7 Å². The minimum absolute atomic E-state index is 0.0503. The molecule has 1 N–H and O–H groups in total. The van der Waals surface area contributed by atoms with Gasteiger partial charge in [0.05, 0.1) is 5.56 Å². The first-order valence-corrected chi connectivity index (χ1v) is 7.81. The van der Waals surface area contributed by atoms with Crippen molar-refractivity contribution in [2.75, 3.05) is 19.7 Å². The summed E-state index contributed by atoms with van der Waals surface area (Å²) in [6.45, 7) is 8.21. The van der Waals surface area contributed by atoms with E-state index >= 15 is 0 Å². The summed E-state index contributed by atoms with van der Waals surface area (Å²) in [6, 6.07) is 2.02. The number of nitrogens with one attached hydrogen (secondary N) is 1. The number of nitrogens with zero attached hydrogens (tertiary/aromatic N) is 1. The van der Waals surface area contributed by atoms with Gasteiger partial charge in [0.2, 0.25) is 0 Å². The molecule has 132 valence electrons. The molecule has 24 heavy (non-hydrogen) atoms. The Hall–Kier alpha value is -2.15. The van der Waals surface area contributed by atoms with Crippen LogP contribution >= 0.6 is 0 Å². The van der Waals surface area contributed by atoms with E-state index in [1.807, 2.05) is 13.8 Å². The third-order valence-corrected chi connectivity index (χ3v) is 3.86. The quantitative estimate of drug-likeness (QED) is 0.838. The Morgan fingerprint density at radius 1 is 1.33 bits per heavy atom. The SMILES string of the molecule is C=CCOc1cc(F)c(COC(=O)N2C(C)CNCC2C)c(F)c1. The van der Waals surface area contributed by atoms with Crippen molar-refractivity contribution < 1.29 is 23.0 Å². The van der Waals surface area contributed by atoms with Crippen LogP contribution < -0.4 is 10.1 Å². The largest absolute Gasteiger partial charge is 0.489 e. The highest BCUT2D eigenvalue weighted by molar-refractivity contribution is 5.68. The molecule has 2 unspecified atom stereocenters. The van der Waals surface area contributed by atoms with Gasteiger partial charge in [-0.2, -0.15) is 0 Å². The highest BCUT2D eigenvalue weighted by atomic mass is 19.1. The summed E-state index contributed by atoms with van der Waals surface area (Å²) in [7, 11) is 0. The van der Waals surface area contributed by atoms with Crippen LogP contribution in [0.2, 0.25) is 0 Å². The van der Waals surface area contributed by atoms with Gasteiger partial charge in [0.25, 0.3) is 0 Å². The number of benzene rings is 1. The molecule has 1 heterocycles. The van der Waals surface area contributed by atoms with E-state index in [1.54, 1.807) is 4.90 Å². The molecule has 0 aliphatic carbocycles. The zero-order chi connectivity index (χ0) is 17.7. The Balaban J connectivity index is 2.03. The van der Waals surface area contributed by atoms with E-state index in [0.717, 1.165) is 12.1 Å². The fourth-order valence-electron chi connectivity index (χ4n) is 2.66.